The van der Waals surface area contributed by atoms with Gasteiger partial charge >= 0.3 is 5.97 Å². The quantitative estimate of drug-likeness (QED) is 0.925. The fourth-order valence-electron chi connectivity index (χ4n) is 2.09. The minimum atomic E-state index is -1.29. The highest BCUT2D eigenvalue weighted by Gasteiger charge is 2.31. The van der Waals surface area contributed by atoms with E-state index in [-0.39, 0.29) is 17.0 Å². The molecular weight excluding hydrogens is 280 g/mol. The van der Waals surface area contributed by atoms with Gasteiger partial charge in [0, 0.05) is 5.41 Å². The first-order valence-electron chi connectivity index (χ1n) is 6.29. The molecule has 2 rings (SSSR count). The highest BCUT2D eigenvalue weighted by molar-refractivity contribution is 5.87. The summed E-state index contributed by atoms with van der Waals surface area (Å²) in [6.07, 6.45) is 0. The van der Waals surface area contributed by atoms with Crippen molar-refractivity contribution in [2.45, 2.75) is 33.1 Å². The second-order valence-electron chi connectivity index (χ2n) is 5.78. The monoisotopic (exact) mass is 295 g/mol. The maximum absolute atomic E-state index is 14.3. The summed E-state index contributed by atoms with van der Waals surface area (Å²) in [4.78, 5) is 11.2. The lowest BCUT2D eigenvalue weighted by Gasteiger charge is -2.21. The fourth-order valence-corrected chi connectivity index (χ4v) is 2.09. The van der Waals surface area contributed by atoms with Crippen LogP contribution in [0.15, 0.2) is 12.1 Å². The van der Waals surface area contributed by atoms with Gasteiger partial charge in [-0.3, -0.25) is 0 Å². The lowest BCUT2D eigenvalue weighted by Crippen LogP contribution is -2.22. The molecule has 1 aromatic carbocycles. The van der Waals surface area contributed by atoms with Crippen LogP contribution in [-0.4, -0.2) is 26.1 Å². The molecule has 0 fully saturated rings. The smallest absolute Gasteiger partial charge is 0.358 e. The molecule has 0 saturated carbocycles. The van der Waals surface area contributed by atoms with Crippen molar-refractivity contribution in [1.29, 1.82) is 0 Å². The molecule has 0 unspecified atom stereocenters. The fraction of sp³-hybridized carbons (Fsp3) is 0.357. The number of carboxylic acids is 1. The van der Waals surface area contributed by atoms with E-state index in [0.29, 0.717) is 0 Å². The van der Waals surface area contributed by atoms with Crippen molar-refractivity contribution in [2.24, 2.45) is 0 Å². The van der Waals surface area contributed by atoms with E-state index in [0.717, 1.165) is 10.7 Å². The van der Waals surface area contributed by atoms with Crippen LogP contribution in [0.1, 0.15) is 42.5 Å². The Kier molecular flexibility index (Phi) is 3.52. The Balaban J connectivity index is 2.84. The molecule has 21 heavy (non-hydrogen) atoms. The Hall–Kier alpha value is -2.31. The van der Waals surface area contributed by atoms with Crippen molar-refractivity contribution in [3.05, 3.63) is 40.7 Å². The number of halogens is 2. The van der Waals surface area contributed by atoms with Gasteiger partial charge in [-0.2, -0.15) is 0 Å². The Morgan fingerprint density at radius 3 is 2.43 bits per heavy atom. The molecule has 0 bridgehead atoms. The summed E-state index contributed by atoms with van der Waals surface area (Å²) >= 11 is 0. The Labute approximate surface area is 120 Å². The number of carbonyl (C=O) groups is 1. The van der Waals surface area contributed by atoms with Gasteiger partial charge in [-0.1, -0.05) is 32.1 Å². The largest absolute Gasteiger partial charge is 0.476 e. The van der Waals surface area contributed by atoms with Gasteiger partial charge in [-0.05, 0) is 18.6 Å². The molecule has 0 amide bonds. The maximum atomic E-state index is 14.3. The highest BCUT2D eigenvalue weighted by atomic mass is 19.1. The number of benzene rings is 1. The van der Waals surface area contributed by atoms with Gasteiger partial charge in [0.1, 0.15) is 5.69 Å². The number of nitrogens with zero attached hydrogens (tertiary/aromatic N) is 3. The van der Waals surface area contributed by atoms with E-state index in [2.05, 4.69) is 10.3 Å². The number of aryl methyl sites for hydroxylation is 1. The molecule has 0 aliphatic carbocycles. The number of carboxylic acid groups (broad SMARTS) is 1. The van der Waals surface area contributed by atoms with Crippen molar-refractivity contribution in [1.82, 2.24) is 15.0 Å². The first-order chi connectivity index (χ1) is 9.64. The van der Waals surface area contributed by atoms with E-state index in [9.17, 15) is 18.7 Å². The minimum absolute atomic E-state index is 0.137. The Morgan fingerprint density at radius 1 is 1.29 bits per heavy atom. The molecule has 5 nitrogen and oxygen atoms in total. The summed E-state index contributed by atoms with van der Waals surface area (Å²) in [5.41, 5.74) is -1.07. The topological polar surface area (TPSA) is 68.0 Å². The molecule has 0 spiro atoms. The zero-order valence-corrected chi connectivity index (χ0v) is 12.1. The van der Waals surface area contributed by atoms with Gasteiger partial charge in [0.25, 0.3) is 0 Å². The molecule has 1 N–H and O–H groups in total. The van der Waals surface area contributed by atoms with Crippen molar-refractivity contribution in [2.75, 3.05) is 0 Å². The third-order valence-electron chi connectivity index (χ3n) is 3.06. The number of hydrogen-bond donors (Lipinski definition) is 1. The third kappa shape index (κ3) is 2.51. The molecule has 0 aliphatic heterocycles. The predicted octanol–water partition coefficient (Wildman–Crippen LogP) is 2.85. The van der Waals surface area contributed by atoms with Gasteiger partial charge in [0.2, 0.25) is 0 Å². The van der Waals surface area contributed by atoms with Crippen molar-refractivity contribution >= 4 is 5.97 Å². The molecule has 0 aliphatic rings. The van der Waals surface area contributed by atoms with Crippen LogP contribution in [0.5, 0.6) is 0 Å². The van der Waals surface area contributed by atoms with Crippen molar-refractivity contribution < 1.29 is 18.7 Å². The van der Waals surface area contributed by atoms with Crippen LogP contribution in [0, 0.1) is 18.6 Å². The van der Waals surface area contributed by atoms with Crippen molar-refractivity contribution in [3.63, 3.8) is 0 Å². The zero-order valence-electron chi connectivity index (χ0n) is 12.1. The molecule has 7 heteroatoms. The normalized spacial score (nSPS) is 11.7. The molecule has 0 radical (unpaired) electrons. The highest BCUT2D eigenvalue weighted by Crippen LogP contribution is 2.29. The van der Waals surface area contributed by atoms with E-state index in [1.54, 1.807) is 20.8 Å². The number of aromatic carboxylic acids is 1. The maximum Gasteiger partial charge on any atom is 0.358 e. The molecule has 1 heterocycles. The van der Waals surface area contributed by atoms with E-state index in [1.165, 1.54) is 13.0 Å². The van der Waals surface area contributed by atoms with Crippen LogP contribution in [0.3, 0.4) is 0 Å². The molecule has 2 aromatic rings. The standard InChI is InChI=1S/C14H15F2N3O2/c1-7-5-6-8(15)11(9(7)16)19-12(14(2,3)4)10(13(20)21)17-18-19/h5-6H,1-4H3,(H,20,21). The second kappa shape index (κ2) is 4.91. The molecule has 1 aromatic heterocycles. The van der Waals surface area contributed by atoms with E-state index >= 15 is 0 Å². The summed E-state index contributed by atoms with van der Waals surface area (Å²) in [6, 6.07) is 2.42. The van der Waals surface area contributed by atoms with Gasteiger partial charge in [0.15, 0.2) is 17.3 Å². The zero-order chi connectivity index (χ0) is 15.9. The van der Waals surface area contributed by atoms with Crippen LogP contribution in [0.25, 0.3) is 5.69 Å². The number of aromatic nitrogens is 3. The summed E-state index contributed by atoms with van der Waals surface area (Å²) in [5.74, 6) is -2.91. The second-order valence-corrected chi connectivity index (χ2v) is 5.78. The predicted molar refractivity (Wildman–Crippen MR) is 71.7 cm³/mol. The van der Waals surface area contributed by atoms with Gasteiger partial charge in [0.05, 0.1) is 5.69 Å². The lowest BCUT2D eigenvalue weighted by atomic mass is 9.90. The number of rotatable bonds is 2. The Morgan fingerprint density at radius 2 is 1.90 bits per heavy atom. The van der Waals surface area contributed by atoms with Gasteiger partial charge in [-0.25, -0.2) is 18.3 Å². The van der Waals surface area contributed by atoms with E-state index in [1.807, 2.05) is 0 Å². The first kappa shape index (κ1) is 15.1. The van der Waals surface area contributed by atoms with E-state index < -0.39 is 28.7 Å². The van der Waals surface area contributed by atoms with Gasteiger partial charge < -0.3 is 5.11 Å². The van der Waals surface area contributed by atoms with Crippen LogP contribution in [0.2, 0.25) is 0 Å². The average Bonchev–Trinajstić information content (AvgIpc) is 2.79. The lowest BCUT2D eigenvalue weighted by molar-refractivity contribution is 0.0687. The number of hydrogen-bond acceptors (Lipinski definition) is 3. The van der Waals surface area contributed by atoms with E-state index in [4.69, 9.17) is 0 Å². The summed E-state index contributed by atoms with van der Waals surface area (Å²) in [7, 11) is 0. The van der Waals surface area contributed by atoms with Crippen LogP contribution < -0.4 is 0 Å². The summed E-state index contributed by atoms with van der Waals surface area (Å²) < 4.78 is 29.2. The average molecular weight is 295 g/mol. The summed E-state index contributed by atoms with van der Waals surface area (Å²) in [6.45, 7) is 6.66. The summed E-state index contributed by atoms with van der Waals surface area (Å²) in [5, 5.41) is 16.4. The molecule has 0 saturated heterocycles. The van der Waals surface area contributed by atoms with Crippen LogP contribution in [0.4, 0.5) is 8.78 Å². The van der Waals surface area contributed by atoms with Crippen molar-refractivity contribution in [3.8, 4) is 5.69 Å². The minimum Gasteiger partial charge on any atom is -0.476 e. The first-order valence-corrected chi connectivity index (χ1v) is 6.29. The molecular formula is C14H15F2N3O2. The SMILES string of the molecule is Cc1ccc(F)c(-n2nnc(C(=O)O)c2C(C)(C)C)c1F. The molecule has 112 valence electrons. The Bertz CT molecular complexity index is 718. The van der Waals surface area contributed by atoms with Gasteiger partial charge in [-0.15, -0.1) is 5.10 Å². The molecule has 0 atom stereocenters. The van der Waals surface area contributed by atoms with Crippen LogP contribution >= 0.6 is 0 Å². The van der Waals surface area contributed by atoms with Crippen LogP contribution in [-0.2, 0) is 5.41 Å². The third-order valence-corrected chi connectivity index (χ3v) is 3.06.